The van der Waals surface area contributed by atoms with Crippen molar-refractivity contribution in [1.29, 1.82) is 0 Å². The van der Waals surface area contributed by atoms with Gasteiger partial charge in [0, 0.05) is 41.4 Å². The van der Waals surface area contributed by atoms with Gasteiger partial charge in [-0.1, -0.05) is 0 Å². The van der Waals surface area contributed by atoms with Gasteiger partial charge in [-0.05, 0) is 31.6 Å². The number of carbonyl (C=O) groups excluding carboxylic acids is 1. The fourth-order valence-corrected chi connectivity index (χ4v) is 4.86. The molecule has 0 radical (unpaired) electrons. The fraction of sp³-hybridized carbons (Fsp3) is 0.929. The number of rotatable bonds is 8. The molecule has 0 amide bonds. The Balaban J connectivity index is 2.55. The van der Waals surface area contributed by atoms with Crippen LogP contribution in [0.5, 0.6) is 0 Å². The molecule has 1 saturated carbocycles. The Kier molecular flexibility index (Phi) is 7.82. The van der Waals surface area contributed by atoms with Crippen LogP contribution in [0.3, 0.4) is 0 Å². The molecule has 0 saturated heterocycles. The summed E-state index contributed by atoms with van der Waals surface area (Å²) in [7, 11) is 4.03. The summed E-state index contributed by atoms with van der Waals surface area (Å²) >= 11 is 0. The summed E-state index contributed by atoms with van der Waals surface area (Å²) in [5.41, 5.74) is 0. The number of hydrogen-bond donors (Lipinski definition) is 0. The summed E-state index contributed by atoms with van der Waals surface area (Å²) in [6, 6.07) is 0.769. The van der Waals surface area contributed by atoms with Gasteiger partial charge in [0.1, 0.15) is 6.10 Å². The highest BCUT2D eigenvalue weighted by atomic mass is 28.4. The molecule has 0 spiro atoms. The molecule has 0 aromatic carbocycles. The molecule has 3 unspecified atom stereocenters. The number of carbonyl (C=O) groups is 1. The van der Waals surface area contributed by atoms with Crippen LogP contribution in [-0.4, -0.2) is 55.4 Å². The largest absolute Gasteiger partial charge is 0.500 e. The van der Waals surface area contributed by atoms with Crippen LogP contribution in [-0.2, 0) is 27.5 Å². The van der Waals surface area contributed by atoms with Gasteiger partial charge in [0.15, 0.2) is 0 Å². The van der Waals surface area contributed by atoms with Crippen molar-refractivity contribution in [3.05, 3.63) is 0 Å². The van der Waals surface area contributed by atoms with Gasteiger partial charge >= 0.3 is 14.8 Å². The van der Waals surface area contributed by atoms with Crippen LogP contribution < -0.4 is 0 Å². The third-order valence-electron chi connectivity index (χ3n) is 4.25. The standard InChI is InChI=1S/C14H28O6Si/c1-11(15)20-14-10-12(6-7-13(14)16-2)8-9-21(17-3,18-4)19-5/h12-14H,6-10H2,1-5H3. The van der Waals surface area contributed by atoms with Crippen molar-refractivity contribution in [1.82, 2.24) is 0 Å². The Morgan fingerprint density at radius 3 is 2.14 bits per heavy atom. The highest BCUT2D eigenvalue weighted by Gasteiger charge is 2.40. The van der Waals surface area contributed by atoms with Crippen LogP contribution in [0.4, 0.5) is 0 Å². The van der Waals surface area contributed by atoms with Crippen molar-refractivity contribution in [3.8, 4) is 0 Å². The summed E-state index contributed by atoms with van der Waals surface area (Å²) in [5.74, 6) is 0.213. The molecular formula is C14H28O6Si. The molecule has 1 rings (SSSR count). The number of esters is 1. The van der Waals surface area contributed by atoms with Gasteiger partial charge < -0.3 is 22.8 Å². The SMILES string of the molecule is COC1CCC(CC[Si](OC)(OC)OC)CC1OC(C)=O. The van der Waals surface area contributed by atoms with Crippen molar-refractivity contribution in [2.75, 3.05) is 28.4 Å². The summed E-state index contributed by atoms with van der Waals surface area (Å²) in [6.45, 7) is 1.44. The van der Waals surface area contributed by atoms with Gasteiger partial charge in [0.2, 0.25) is 0 Å². The molecule has 0 aromatic rings. The molecular weight excluding hydrogens is 292 g/mol. The highest BCUT2D eigenvalue weighted by Crippen LogP contribution is 2.33. The van der Waals surface area contributed by atoms with Crippen molar-refractivity contribution in [2.45, 2.75) is 50.9 Å². The number of methoxy groups -OCH3 is 1. The lowest BCUT2D eigenvalue weighted by Crippen LogP contribution is -2.44. The maximum absolute atomic E-state index is 11.2. The van der Waals surface area contributed by atoms with E-state index >= 15 is 0 Å². The third kappa shape index (κ3) is 5.34. The van der Waals surface area contributed by atoms with Crippen LogP contribution in [0, 0.1) is 5.92 Å². The van der Waals surface area contributed by atoms with Gasteiger partial charge in [0.25, 0.3) is 0 Å². The second-order valence-electron chi connectivity index (χ2n) is 5.44. The second kappa shape index (κ2) is 8.85. The van der Waals surface area contributed by atoms with Crippen LogP contribution in [0.2, 0.25) is 6.04 Å². The predicted octanol–water partition coefficient (Wildman–Crippen LogP) is 2.00. The van der Waals surface area contributed by atoms with Crippen molar-refractivity contribution in [3.63, 3.8) is 0 Å². The minimum absolute atomic E-state index is 0.000530. The maximum Gasteiger partial charge on any atom is 0.500 e. The van der Waals surface area contributed by atoms with Crippen LogP contribution in [0.25, 0.3) is 0 Å². The number of hydrogen-bond acceptors (Lipinski definition) is 6. The first-order valence-corrected chi connectivity index (χ1v) is 9.28. The van der Waals surface area contributed by atoms with Crippen molar-refractivity contribution < 1.29 is 27.5 Å². The molecule has 0 bridgehead atoms. The highest BCUT2D eigenvalue weighted by molar-refractivity contribution is 6.60. The molecule has 3 atom stereocenters. The summed E-state index contributed by atoms with van der Waals surface area (Å²) < 4.78 is 27.1. The van der Waals surface area contributed by atoms with E-state index in [0.717, 1.165) is 31.7 Å². The van der Waals surface area contributed by atoms with Gasteiger partial charge in [-0.2, -0.15) is 0 Å². The lowest BCUT2D eigenvalue weighted by molar-refractivity contribution is -0.158. The van der Waals surface area contributed by atoms with Gasteiger partial charge in [-0.25, -0.2) is 0 Å². The summed E-state index contributed by atoms with van der Waals surface area (Å²) in [6.07, 6.45) is 3.56. The Bertz CT molecular complexity index is 312. The molecule has 6 nitrogen and oxygen atoms in total. The molecule has 0 aromatic heterocycles. The van der Waals surface area contributed by atoms with E-state index in [1.807, 2.05) is 0 Å². The first-order valence-electron chi connectivity index (χ1n) is 7.35. The normalized spacial score (nSPS) is 26.6. The second-order valence-corrected chi connectivity index (χ2v) is 8.53. The van der Waals surface area contributed by atoms with E-state index in [9.17, 15) is 4.79 Å². The maximum atomic E-state index is 11.2. The Morgan fingerprint density at radius 2 is 1.67 bits per heavy atom. The van der Waals surface area contributed by atoms with Gasteiger partial charge in [0.05, 0.1) is 6.10 Å². The lowest BCUT2D eigenvalue weighted by atomic mass is 9.83. The minimum atomic E-state index is -2.52. The molecule has 0 heterocycles. The predicted molar refractivity (Wildman–Crippen MR) is 79.9 cm³/mol. The van der Waals surface area contributed by atoms with Crippen LogP contribution in [0.15, 0.2) is 0 Å². The Morgan fingerprint density at radius 1 is 1.05 bits per heavy atom. The van der Waals surface area contributed by atoms with Gasteiger partial charge in [-0.3, -0.25) is 4.79 Å². The summed E-state index contributed by atoms with van der Waals surface area (Å²) in [5, 5.41) is 0. The van der Waals surface area contributed by atoms with E-state index in [1.54, 1.807) is 28.4 Å². The average molecular weight is 320 g/mol. The zero-order valence-electron chi connectivity index (χ0n) is 13.7. The summed E-state index contributed by atoms with van der Waals surface area (Å²) in [4.78, 5) is 11.2. The first-order chi connectivity index (χ1) is 10.00. The van der Waals surface area contributed by atoms with E-state index in [4.69, 9.17) is 22.8 Å². The molecule has 1 fully saturated rings. The van der Waals surface area contributed by atoms with Crippen molar-refractivity contribution in [2.24, 2.45) is 5.92 Å². The van der Waals surface area contributed by atoms with Crippen molar-refractivity contribution >= 4 is 14.8 Å². The molecule has 0 N–H and O–H groups in total. The minimum Gasteiger partial charge on any atom is -0.460 e. The molecule has 21 heavy (non-hydrogen) atoms. The zero-order chi connectivity index (χ0) is 15.9. The smallest absolute Gasteiger partial charge is 0.460 e. The monoisotopic (exact) mass is 320 g/mol. The first kappa shape index (κ1) is 18.6. The molecule has 1 aliphatic rings. The van der Waals surface area contributed by atoms with Gasteiger partial charge in [-0.15, -0.1) is 0 Å². The molecule has 124 valence electrons. The van der Waals surface area contributed by atoms with E-state index in [2.05, 4.69) is 0 Å². The van der Waals surface area contributed by atoms with E-state index in [-0.39, 0.29) is 18.2 Å². The van der Waals surface area contributed by atoms with E-state index in [0.29, 0.717) is 5.92 Å². The number of ether oxygens (including phenoxy) is 2. The Labute approximate surface area is 128 Å². The molecule has 0 aliphatic heterocycles. The van der Waals surface area contributed by atoms with E-state index in [1.165, 1.54) is 6.92 Å². The quantitative estimate of drug-likeness (QED) is 0.503. The fourth-order valence-electron chi connectivity index (χ4n) is 2.99. The average Bonchev–Trinajstić information content (AvgIpc) is 2.49. The lowest BCUT2D eigenvalue weighted by Gasteiger charge is -2.35. The third-order valence-corrected chi connectivity index (χ3v) is 7.02. The molecule has 1 aliphatic carbocycles. The zero-order valence-corrected chi connectivity index (χ0v) is 14.7. The van der Waals surface area contributed by atoms with E-state index < -0.39 is 8.80 Å². The Hall–Kier alpha value is -0.473. The molecule has 7 heteroatoms. The topological polar surface area (TPSA) is 63.2 Å². The van der Waals surface area contributed by atoms with Crippen LogP contribution in [0.1, 0.15) is 32.6 Å². The van der Waals surface area contributed by atoms with Crippen LogP contribution >= 0.6 is 0 Å².